The molecule has 2 aromatic carbocycles. The van der Waals surface area contributed by atoms with Crippen molar-refractivity contribution in [1.82, 2.24) is 4.83 Å². The molecular formula is C13H13N3O3S. The summed E-state index contributed by atoms with van der Waals surface area (Å²) in [5.74, 6) is 0.129. The molecule has 0 atom stereocenters. The number of nitrogens with two attached hydrogens (primary N) is 1. The number of hydrazone groups is 1. The van der Waals surface area contributed by atoms with E-state index in [0.717, 1.165) is 0 Å². The third-order valence-electron chi connectivity index (χ3n) is 2.47. The van der Waals surface area contributed by atoms with E-state index in [1.54, 1.807) is 12.1 Å². The maximum Gasteiger partial charge on any atom is 0.276 e. The van der Waals surface area contributed by atoms with Gasteiger partial charge in [0.05, 0.1) is 11.1 Å². The minimum absolute atomic E-state index is 0.0783. The highest BCUT2D eigenvalue weighted by atomic mass is 32.2. The number of benzene rings is 2. The van der Waals surface area contributed by atoms with Crippen LogP contribution in [0.15, 0.2) is 58.5 Å². The van der Waals surface area contributed by atoms with Crippen molar-refractivity contribution in [3.8, 4) is 5.75 Å². The molecule has 6 nitrogen and oxygen atoms in total. The van der Waals surface area contributed by atoms with E-state index in [2.05, 4.69) is 9.93 Å². The number of nitrogens with zero attached hydrogens (tertiary/aromatic N) is 1. The van der Waals surface area contributed by atoms with Crippen LogP contribution in [-0.4, -0.2) is 19.7 Å². The Hall–Kier alpha value is -2.54. The first-order chi connectivity index (χ1) is 9.47. The lowest BCUT2D eigenvalue weighted by molar-refractivity contribution is 0.475. The van der Waals surface area contributed by atoms with Crippen LogP contribution in [0.1, 0.15) is 5.56 Å². The van der Waals surface area contributed by atoms with E-state index in [1.807, 2.05) is 0 Å². The summed E-state index contributed by atoms with van der Waals surface area (Å²) in [6, 6.07) is 12.0. The van der Waals surface area contributed by atoms with E-state index in [-0.39, 0.29) is 10.6 Å². The van der Waals surface area contributed by atoms with Gasteiger partial charge in [0, 0.05) is 5.69 Å². The summed E-state index contributed by atoms with van der Waals surface area (Å²) in [5, 5.41) is 12.8. The molecule has 0 heterocycles. The second-order valence-corrected chi connectivity index (χ2v) is 5.67. The van der Waals surface area contributed by atoms with E-state index in [4.69, 9.17) is 10.8 Å². The average molecular weight is 291 g/mol. The lowest BCUT2D eigenvalue weighted by Crippen LogP contribution is -2.18. The SMILES string of the molecule is Nc1ccc(S(=O)(=O)N/N=C\c2ccc(O)cc2)cc1. The second-order valence-electron chi connectivity index (χ2n) is 4.01. The predicted octanol–water partition coefficient (Wildman–Crippen LogP) is 1.29. The number of anilines is 1. The van der Waals surface area contributed by atoms with Crippen LogP contribution in [0.25, 0.3) is 0 Å². The number of aromatic hydroxyl groups is 1. The smallest absolute Gasteiger partial charge is 0.276 e. The zero-order valence-electron chi connectivity index (χ0n) is 10.4. The Morgan fingerprint density at radius 1 is 1.05 bits per heavy atom. The van der Waals surface area contributed by atoms with Gasteiger partial charge >= 0.3 is 0 Å². The number of nitrogen functional groups attached to an aromatic ring is 1. The Bertz CT molecular complexity index is 708. The van der Waals surface area contributed by atoms with Gasteiger partial charge in [0.1, 0.15) is 5.75 Å². The number of rotatable bonds is 4. The number of nitrogens with one attached hydrogen (secondary N) is 1. The van der Waals surface area contributed by atoms with Crippen LogP contribution >= 0.6 is 0 Å². The molecule has 0 saturated carbocycles. The van der Waals surface area contributed by atoms with Gasteiger partial charge in [-0.2, -0.15) is 13.5 Å². The van der Waals surface area contributed by atoms with E-state index in [0.29, 0.717) is 11.3 Å². The van der Waals surface area contributed by atoms with E-state index in [9.17, 15) is 8.42 Å². The zero-order valence-corrected chi connectivity index (χ0v) is 11.2. The predicted molar refractivity (Wildman–Crippen MR) is 76.9 cm³/mol. The molecule has 0 aliphatic carbocycles. The van der Waals surface area contributed by atoms with Crippen LogP contribution in [0.4, 0.5) is 5.69 Å². The lowest BCUT2D eigenvalue weighted by Gasteiger charge is -2.03. The fourth-order valence-electron chi connectivity index (χ4n) is 1.43. The second kappa shape index (κ2) is 5.62. The molecule has 7 heteroatoms. The summed E-state index contributed by atoms with van der Waals surface area (Å²) < 4.78 is 23.8. The van der Waals surface area contributed by atoms with E-state index >= 15 is 0 Å². The molecule has 104 valence electrons. The summed E-state index contributed by atoms with van der Waals surface area (Å²) in [5.41, 5.74) is 6.63. The molecule has 0 amide bonds. The molecule has 2 aromatic rings. The van der Waals surface area contributed by atoms with Crippen molar-refractivity contribution < 1.29 is 13.5 Å². The van der Waals surface area contributed by atoms with Gasteiger partial charge in [-0.25, -0.2) is 4.83 Å². The minimum atomic E-state index is -3.71. The summed E-state index contributed by atoms with van der Waals surface area (Å²) in [6.07, 6.45) is 1.34. The molecule has 0 aliphatic heterocycles. The third-order valence-corrected chi connectivity index (χ3v) is 3.71. The molecule has 0 unspecified atom stereocenters. The number of sulfonamides is 1. The van der Waals surface area contributed by atoms with Crippen LogP contribution < -0.4 is 10.6 Å². The van der Waals surface area contributed by atoms with Gasteiger partial charge in [-0.1, -0.05) is 0 Å². The Balaban J connectivity index is 2.09. The number of phenols is 1. The molecular weight excluding hydrogens is 278 g/mol. The highest BCUT2D eigenvalue weighted by molar-refractivity contribution is 7.89. The highest BCUT2D eigenvalue weighted by Gasteiger charge is 2.11. The van der Waals surface area contributed by atoms with Gasteiger partial charge in [0.25, 0.3) is 10.0 Å². The lowest BCUT2D eigenvalue weighted by atomic mass is 10.2. The molecule has 20 heavy (non-hydrogen) atoms. The zero-order chi connectivity index (χ0) is 14.6. The van der Waals surface area contributed by atoms with Gasteiger partial charge in [-0.3, -0.25) is 0 Å². The third kappa shape index (κ3) is 3.48. The first kappa shape index (κ1) is 13.9. The molecule has 0 aliphatic rings. The maximum atomic E-state index is 11.9. The van der Waals surface area contributed by atoms with Crippen molar-refractivity contribution in [2.45, 2.75) is 4.90 Å². The van der Waals surface area contributed by atoms with Gasteiger partial charge in [-0.05, 0) is 54.1 Å². The maximum absolute atomic E-state index is 11.9. The Morgan fingerprint density at radius 3 is 2.25 bits per heavy atom. The molecule has 0 bridgehead atoms. The van der Waals surface area contributed by atoms with Crippen LogP contribution in [0.5, 0.6) is 5.75 Å². The molecule has 0 aromatic heterocycles. The van der Waals surface area contributed by atoms with Crippen LogP contribution in [0.3, 0.4) is 0 Å². The molecule has 0 saturated heterocycles. The van der Waals surface area contributed by atoms with Gasteiger partial charge in [0.15, 0.2) is 0 Å². The van der Waals surface area contributed by atoms with Crippen molar-refractivity contribution in [2.24, 2.45) is 5.10 Å². The first-order valence-electron chi connectivity index (χ1n) is 5.67. The fourth-order valence-corrected chi connectivity index (χ4v) is 2.22. The molecule has 0 fully saturated rings. The van der Waals surface area contributed by atoms with Gasteiger partial charge in [0.2, 0.25) is 0 Å². The monoisotopic (exact) mass is 291 g/mol. The van der Waals surface area contributed by atoms with Crippen LogP contribution in [0.2, 0.25) is 0 Å². The van der Waals surface area contributed by atoms with Crippen molar-refractivity contribution >= 4 is 21.9 Å². The largest absolute Gasteiger partial charge is 0.508 e. The average Bonchev–Trinajstić information content (AvgIpc) is 2.41. The van der Waals surface area contributed by atoms with E-state index in [1.165, 1.54) is 42.6 Å². The van der Waals surface area contributed by atoms with Crippen molar-refractivity contribution in [1.29, 1.82) is 0 Å². The summed E-state index contributed by atoms with van der Waals surface area (Å²) in [4.78, 5) is 2.17. The van der Waals surface area contributed by atoms with Crippen LogP contribution in [-0.2, 0) is 10.0 Å². The quantitative estimate of drug-likeness (QED) is 0.448. The number of phenolic OH excluding ortho intramolecular Hbond substituents is 1. The van der Waals surface area contributed by atoms with Crippen molar-refractivity contribution in [3.05, 3.63) is 54.1 Å². The van der Waals surface area contributed by atoms with Crippen molar-refractivity contribution in [2.75, 3.05) is 5.73 Å². The summed E-state index contributed by atoms with van der Waals surface area (Å²) in [7, 11) is -3.71. The Labute approximate surface area is 116 Å². The van der Waals surface area contributed by atoms with Gasteiger partial charge < -0.3 is 10.8 Å². The fraction of sp³-hybridized carbons (Fsp3) is 0. The van der Waals surface area contributed by atoms with Crippen molar-refractivity contribution in [3.63, 3.8) is 0 Å². The first-order valence-corrected chi connectivity index (χ1v) is 7.15. The van der Waals surface area contributed by atoms with Gasteiger partial charge in [-0.15, -0.1) is 0 Å². The minimum Gasteiger partial charge on any atom is -0.508 e. The van der Waals surface area contributed by atoms with E-state index < -0.39 is 10.0 Å². The molecule has 4 N–H and O–H groups in total. The topological polar surface area (TPSA) is 105 Å². The molecule has 0 spiro atoms. The standard InChI is InChI=1S/C13H13N3O3S/c14-11-3-7-13(8-4-11)20(18,19)16-15-9-10-1-5-12(17)6-2-10/h1-9,16-17H,14H2/b15-9-. The number of hydrogen-bond acceptors (Lipinski definition) is 5. The Kier molecular flexibility index (Phi) is 3.90. The number of hydrogen-bond donors (Lipinski definition) is 3. The van der Waals surface area contributed by atoms with Crippen LogP contribution in [0, 0.1) is 0 Å². The normalized spacial score (nSPS) is 11.6. The highest BCUT2D eigenvalue weighted by Crippen LogP contribution is 2.11. The Morgan fingerprint density at radius 2 is 1.65 bits per heavy atom. The summed E-state index contributed by atoms with van der Waals surface area (Å²) in [6.45, 7) is 0. The summed E-state index contributed by atoms with van der Waals surface area (Å²) >= 11 is 0. The molecule has 2 rings (SSSR count). The molecule has 0 radical (unpaired) electrons.